The van der Waals surface area contributed by atoms with E-state index in [4.69, 9.17) is 5.10 Å². The Balaban J connectivity index is 1.58. The molecule has 1 fully saturated rings. The van der Waals surface area contributed by atoms with E-state index in [-0.39, 0.29) is 11.9 Å². The Hall–Kier alpha value is -3.39. The fourth-order valence-corrected chi connectivity index (χ4v) is 4.57. The SMILES string of the molecule is O=C/C=C(\c1cccc(Br)n1)c1cnc2ccc(N3CCC[C@@H]3c3cccc(F)c3)nn12. The molecule has 1 aliphatic heterocycles. The number of fused-ring (bicyclic) bond motifs is 1. The number of aldehydes is 1. The van der Waals surface area contributed by atoms with Gasteiger partial charge in [-0.2, -0.15) is 0 Å². The Morgan fingerprint density at radius 1 is 1.16 bits per heavy atom. The number of benzene rings is 1. The summed E-state index contributed by atoms with van der Waals surface area (Å²) in [7, 11) is 0. The summed E-state index contributed by atoms with van der Waals surface area (Å²) in [6, 6.07) is 16.2. The zero-order valence-corrected chi connectivity index (χ0v) is 18.6. The molecule has 0 bridgehead atoms. The second kappa shape index (κ2) is 8.63. The number of hydrogen-bond donors (Lipinski definition) is 0. The van der Waals surface area contributed by atoms with Gasteiger partial charge in [-0.15, -0.1) is 5.10 Å². The predicted molar refractivity (Wildman–Crippen MR) is 124 cm³/mol. The van der Waals surface area contributed by atoms with Crippen molar-refractivity contribution in [3.63, 3.8) is 0 Å². The van der Waals surface area contributed by atoms with Crippen molar-refractivity contribution in [2.24, 2.45) is 0 Å². The van der Waals surface area contributed by atoms with Gasteiger partial charge in [0.25, 0.3) is 0 Å². The highest BCUT2D eigenvalue weighted by atomic mass is 79.9. The third-order valence-electron chi connectivity index (χ3n) is 5.63. The van der Waals surface area contributed by atoms with Crippen LogP contribution in [0, 0.1) is 5.82 Å². The van der Waals surface area contributed by atoms with Crippen molar-refractivity contribution in [1.29, 1.82) is 0 Å². The van der Waals surface area contributed by atoms with Crippen LogP contribution >= 0.6 is 15.9 Å². The molecule has 0 radical (unpaired) electrons. The number of carbonyl (C=O) groups is 1. The number of rotatable bonds is 5. The minimum atomic E-state index is -0.236. The first kappa shape index (κ1) is 20.5. The first-order valence-corrected chi connectivity index (χ1v) is 11.1. The normalized spacial score (nSPS) is 16.6. The van der Waals surface area contributed by atoms with Crippen LogP contribution in [0.2, 0.25) is 0 Å². The van der Waals surface area contributed by atoms with Crippen LogP contribution in [0.25, 0.3) is 11.2 Å². The second-order valence-corrected chi connectivity index (χ2v) is 8.39. The van der Waals surface area contributed by atoms with Gasteiger partial charge in [-0.1, -0.05) is 18.2 Å². The monoisotopic (exact) mass is 491 g/mol. The van der Waals surface area contributed by atoms with E-state index in [9.17, 15) is 9.18 Å². The van der Waals surface area contributed by atoms with Crippen LogP contribution in [0.4, 0.5) is 10.2 Å². The van der Waals surface area contributed by atoms with Crippen molar-refractivity contribution in [3.05, 3.63) is 94.2 Å². The van der Waals surface area contributed by atoms with Crippen LogP contribution in [0.3, 0.4) is 0 Å². The molecule has 160 valence electrons. The Morgan fingerprint density at radius 2 is 2.03 bits per heavy atom. The zero-order valence-electron chi connectivity index (χ0n) is 17.0. The Kier molecular flexibility index (Phi) is 5.53. The summed E-state index contributed by atoms with van der Waals surface area (Å²) in [4.78, 5) is 22.5. The first-order valence-electron chi connectivity index (χ1n) is 10.3. The van der Waals surface area contributed by atoms with Gasteiger partial charge in [-0.25, -0.2) is 18.9 Å². The van der Waals surface area contributed by atoms with Gasteiger partial charge < -0.3 is 4.90 Å². The van der Waals surface area contributed by atoms with E-state index in [2.05, 4.69) is 30.8 Å². The molecule has 0 amide bonds. The van der Waals surface area contributed by atoms with Crippen LogP contribution in [0.1, 0.15) is 35.8 Å². The molecule has 0 saturated carbocycles. The fraction of sp³-hybridized carbons (Fsp3) is 0.167. The highest BCUT2D eigenvalue weighted by Crippen LogP contribution is 2.35. The van der Waals surface area contributed by atoms with Gasteiger partial charge in [-0.05, 0) is 76.8 Å². The van der Waals surface area contributed by atoms with E-state index >= 15 is 0 Å². The molecule has 5 rings (SSSR count). The van der Waals surface area contributed by atoms with E-state index in [1.165, 1.54) is 12.1 Å². The Morgan fingerprint density at radius 3 is 2.84 bits per heavy atom. The van der Waals surface area contributed by atoms with Crippen LogP contribution in [0.5, 0.6) is 0 Å². The molecule has 1 saturated heterocycles. The highest BCUT2D eigenvalue weighted by Gasteiger charge is 2.28. The average Bonchev–Trinajstić information content (AvgIpc) is 3.44. The molecule has 0 unspecified atom stereocenters. The first-order chi connectivity index (χ1) is 15.6. The third-order valence-corrected chi connectivity index (χ3v) is 6.07. The van der Waals surface area contributed by atoms with Crippen LogP contribution < -0.4 is 4.90 Å². The minimum absolute atomic E-state index is 0.0550. The van der Waals surface area contributed by atoms with E-state index in [1.807, 2.05) is 36.4 Å². The predicted octanol–water partition coefficient (Wildman–Crippen LogP) is 5.00. The number of carbonyl (C=O) groups excluding carboxylic acids is 1. The molecule has 32 heavy (non-hydrogen) atoms. The summed E-state index contributed by atoms with van der Waals surface area (Å²) < 4.78 is 16.2. The van der Waals surface area contributed by atoms with Crippen molar-refractivity contribution >= 4 is 39.3 Å². The molecule has 1 atom stereocenters. The fourth-order valence-electron chi connectivity index (χ4n) is 4.23. The smallest absolute Gasteiger partial charge is 0.154 e. The number of imidazole rings is 1. The van der Waals surface area contributed by atoms with Crippen molar-refractivity contribution in [3.8, 4) is 0 Å². The van der Waals surface area contributed by atoms with E-state index in [0.29, 0.717) is 27.2 Å². The molecule has 4 heterocycles. The Labute approximate surface area is 192 Å². The number of hydrogen-bond acceptors (Lipinski definition) is 5. The largest absolute Gasteiger partial charge is 0.348 e. The molecule has 1 aliphatic rings. The van der Waals surface area contributed by atoms with Crippen LogP contribution in [-0.4, -0.2) is 32.4 Å². The molecular weight excluding hydrogens is 473 g/mol. The van der Waals surface area contributed by atoms with E-state index < -0.39 is 0 Å². The number of anilines is 1. The van der Waals surface area contributed by atoms with Crippen molar-refractivity contribution in [1.82, 2.24) is 19.6 Å². The number of nitrogens with zero attached hydrogens (tertiary/aromatic N) is 5. The highest BCUT2D eigenvalue weighted by molar-refractivity contribution is 9.10. The second-order valence-electron chi connectivity index (χ2n) is 7.57. The zero-order chi connectivity index (χ0) is 22.1. The molecule has 0 aliphatic carbocycles. The van der Waals surface area contributed by atoms with E-state index in [0.717, 1.165) is 37.1 Å². The summed E-state index contributed by atoms with van der Waals surface area (Å²) in [6.45, 7) is 0.827. The maximum atomic E-state index is 13.8. The molecular formula is C24H19BrFN5O. The lowest BCUT2D eigenvalue weighted by molar-refractivity contribution is -0.104. The van der Waals surface area contributed by atoms with Gasteiger partial charge in [0.2, 0.25) is 0 Å². The van der Waals surface area contributed by atoms with Gasteiger partial charge >= 0.3 is 0 Å². The number of aromatic nitrogens is 4. The summed E-state index contributed by atoms with van der Waals surface area (Å²) in [6.07, 6.45) is 5.83. The number of allylic oxidation sites excluding steroid dienone is 1. The molecule has 8 heteroatoms. The molecule has 0 spiro atoms. The quantitative estimate of drug-likeness (QED) is 0.223. The van der Waals surface area contributed by atoms with Crippen molar-refractivity contribution in [2.75, 3.05) is 11.4 Å². The molecule has 4 aromatic rings. The summed E-state index contributed by atoms with van der Waals surface area (Å²) >= 11 is 3.39. The van der Waals surface area contributed by atoms with Gasteiger partial charge in [0.05, 0.1) is 23.6 Å². The standard InChI is InChI=1S/C24H19BrFN5O/c25-22-8-2-6-19(28-22)18(11-13-32)21-15-27-23-9-10-24(29-31(21)23)30-12-3-7-20(30)16-4-1-5-17(26)14-16/h1-2,4-6,8-11,13-15,20H,3,7,12H2/b18-11+/t20-/m1/s1. The summed E-state index contributed by atoms with van der Waals surface area (Å²) in [5.74, 6) is 0.538. The lowest BCUT2D eigenvalue weighted by Crippen LogP contribution is -2.24. The molecule has 3 aromatic heterocycles. The van der Waals surface area contributed by atoms with Crippen molar-refractivity contribution < 1.29 is 9.18 Å². The summed E-state index contributed by atoms with van der Waals surface area (Å²) in [5.41, 5.74) is 3.54. The Bertz CT molecular complexity index is 1330. The molecule has 0 N–H and O–H groups in total. The van der Waals surface area contributed by atoms with Gasteiger partial charge in [-0.3, -0.25) is 4.79 Å². The maximum Gasteiger partial charge on any atom is 0.154 e. The average molecular weight is 492 g/mol. The third kappa shape index (κ3) is 3.82. The maximum absolute atomic E-state index is 13.8. The topological polar surface area (TPSA) is 63.4 Å². The number of pyridine rings is 1. The number of halogens is 2. The van der Waals surface area contributed by atoms with Crippen LogP contribution in [0.15, 0.2) is 71.5 Å². The van der Waals surface area contributed by atoms with Gasteiger partial charge in [0.1, 0.15) is 22.5 Å². The lowest BCUT2D eigenvalue weighted by Gasteiger charge is -2.26. The minimum Gasteiger partial charge on any atom is -0.348 e. The lowest BCUT2D eigenvalue weighted by atomic mass is 10.0. The molecule has 6 nitrogen and oxygen atoms in total. The van der Waals surface area contributed by atoms with Crippen LogP contribution in [-0.2, 0) is 4.79 Å². The van der Waals surface area contributed by atoms with Gasteiger partial charge in [0.15, 0.2) is 5.65 Å². The summed E-state index contributed by atoms with van der Waals surface area (Å²) in [5, 5.41) is 4.86. The van der Waals surface area contributed by atoms with E-state index in [1.54, 1.807) is 22.8 Å². The molecule has 1 aromatic carbocycles. The van der Waals surface area contributed by atoms with Crippen molar-refractivity contribution in [2.45, 2.75) is 18.9 Å². The van der Waals surface area contributed by atoms with Gasteiger partial charge in [0, 0.05) is 12.1 Å².